The predicted octanol–water partition coefficient (Wildman–Crippen LogP) is 1.73. The first kappa shape index (κ1) is 9.77. The summed E-state index contributed by atoms with van der Waals surface area (Å²) in [4.78, 5) is 0.965. The molecule has 0 atom stereocenters. The molecule has 1 aromatic carbocycles. The van der Waals surface area contributed by atoms with Crippen LogP contribution in [-0.2, 0) is 13.0 Å². The lowest BCUT2D eigenvalue weighted by Gasteiger charge is -2.04. The van der Waals surface area contributed by atoms with Crippen molar-refractivity contribution in [1.29, 1.82) is 0 Å². The Morgan fingerprint density at radius 1 is 1.20 bits per heavy atom. The summed E-state index contributed by atoms with van der Waals surface area (Å²) in [6.07, 6.45) is 2.60. The summed E-state index contributed by atoms with van der Waals surface area (Å²) in [6.45, 7) is 2.61. The van der Waals surface area contributed by atoms with Crippen molar-refractivity contribution in [2.45, 2.75) is 19.9 Å². The SMILES string of the molecule is CCc1ccn(Cc2ccccc2)[n+]1[O-]. The molecule has 0 fully saturated rings. The van der Waals surface area contributed by atoms with E-state index in [2.05, 4.69) is 0 Å². The molecule has 2 aromatic rings. The Hall–Kier alpha value is -1.77. The van der Waals surface area contributed by atoms with Crippen molar-refractivity contribution in [3.63, 3.8) is 0 Å². The highest BCUT2D eigenvalue weighted by Crippen LogP contribution is 2.02. The van der Waals surface area contributed by atoms with Crippen LogP contribution in [0.1, 0.15) is 18.2 Å². The Balaban J connectivity index is 2.21. The predicted molar refractivity (Wildman–Crippen MR) is 58.3 cm³/mol. The molecule has 1 aromatic heterocycles. The Labute approximate surface area is 89.1 Å². The van der Waals surface area contributed by atoms with Gasteiger partial charge in [0.2, 0.25) is 5.69 Å². The molecule has 0 saturated carbocycles. The average Bonchev–Trinajstić information content (AvgIpc) is 2.62. The van der Waals surface area contributed by atoms with Crippen molar-refractivity contribution in [3.05, 3.63) is 59.1 Å². The van der Waals surface area contributed by atoms with E-state index in [1.807, 2.05) is 49.5 Å². The third-order valence-corrected chi connectivity index (χ3v) is 2.47. The molecule has 0 saturated heterocycles. The summed E-state index contributed by atoms with van der Waals surface area (Å²) in [5.41, 5.74) is 1.95. The molecular weight excluding hydrogens is 188 g/mol. The second-order valence-corrected chi connectivity index (χ2v) is 3.52. The Morgan fingerprint density at radius 3 is 2.53 bits per heavy atom. The zero-order valence-corrected chi connectivity index (χ0v) is 8.76. The number of aromatic nitrogens is 2. The van der Waals surface area contributed by atoms with Crippen LogP contribution >= 0.6 is 0 Å². The number of hydrogen-bond donors (Lipinski definition) is 0. The molecule has 0 aliphatic carbocycles. The summed E-state index contributed by atoms with van der Waals surface area (Å²) in [5.74, 6) is 0. The first-order valence-corrected chi connectivity index (χ1v) is 5.13. The van der Waals surface area contributed by atoms with Crippen LogP contribution in [0, 0.1) is 5.21 Å². The number of aryl methyl sites for hydroxylation is 1. The molecule has 78 valence electrons. The van der Waals surface area contributed by atoms with E-state index in [4.69, 9.17) is 0 Å². The highest BCUT2D eigenvalue weighted by molar-refractivity contribution is 5.14. The van der Waals surface area contributed by atoms with Crippen molar-refractivity contribution in [2.75, 3.05) is 0 Å². The van der Waals surface area contributed by atoms with Gasteiger partial charge in [0.05, 0.1) is 6.20 Å². The summed E-state index contributed by atoms with van der Waals surface area (Å²) in [6, 6.07) is 11.8. The van der Waals surface area contributed by atoms with E-state index >= 15 is 0 Å². The number of rotatable bonds is 3. The van der Waals surface area contributed by atoms with Gasteiger partial charge in [-0.1, -0.05) is 42.1 Å². The fraction of sp³-hybridized carbons (Fsp3) is 0.250. The quantitative estimate of drug-likeness (QED) is 0.551. The molecule has 2 rings (SSSR count). The minimum Gasteiger partial charge on any atom is -0.596 e. The number of hydrogen-bond acceptors (Lipinski definition) is 1. The van der Waals surface area contributed by atoms with Crippen molar-refractivity contribution in [2.24, 2.45) is 0 Å². The third-order valence-electron chi connectivity index (χ3n) is 2.47. The fourth-order valence-electron chi connectivity index (χ4n) is 1.60. The van der Waals surface area contributed by atoms with Crippen LogP contribution in [0.2, 0.25) is 0 Å². The maximum atomic E-state index is 11.7. The minimum absolute atomic E-state index is 0.629. The summed E-state index contributed by atoms with van der Waals surface area (Å²) in [5, 5.41) is 11.7. The molecular formula is C12H14N2O. The maximum Gasteiger partial charge on any atom is 0.220 e. The van der Waals surface area contributed by atoms with E-state index in [-0.39, 0.29) is 0 Å². The molecule has 0 unspecified atom stereocenters. The average molecular weight is 202 g/mol. The second kappa shape index (κ2) is 4.17. The molecule has 0 radical (unpaired) electrons. The van der Waals surface area contributed by atoms with E-state index in [0.717, 1.165) is 22.5 Å². The van der Waals surface area contributed by atoms with Crippen molar-refractivity contribution < 1.29 is 4.85 Å². The fourth-order valence-corrected chi connectivity index (χ4v) is 1.60. The topological polar surface area (TPSA) is 31.9 Å². The smallest absolute Gasteiger partial charge is 0.220 e. The van der Waals surface area contributed by atoms with Crippen LogP contribution in [-0.4, -0.2) is 4.68 Å². The van der Waals surface area contributed by atoms with Crippen molar-refractivity contribution in [1.82, 2.24) is 4.68 Å². The lowest BCUT2D eigenvalue weighted by atomic mass is 10.2. The van der Waals surface area contributed by atoms with Crippen LogP contribution in [0.25, 0.3) is 0 Å². The Morgan fingerprint density at radius 2 is 1.93 bits per heavy atom. The Bertz CT molecular complexity index is 434. The normalized spacial score (nSPS) is 10.5. The van der Waals surface area contributed by atoms with E-state index in [0.29, 0.717) is 6.54 Å². The summed E-state index contributed by atoms with van der Waals surface area (Å²) >= 11 is 0. The van der Waals surface area contributed by atoms with E-state index in [1.54, 1.807) is 4.68 Å². The lowest BCUT2D eigenvalue weighted by Crippen LogP contribution is -2.40. The highest BCUT2D eigenvalue weighted by Gasteiger charge is 2.08. The number of benzene rings is 1. The first-order valence-electron chi connectivity index (χ1n) is 5.13. The third kappa shape index (κ3) is 2.01. The standard InChI is InChI=1S/C12H14N2O/c1-2-12-8-9-13(14(12)15)10-11-6-4-3-5-7-11/h3-9H,2,10H2,1H3. The highest BCUT2D eigenvalue weighted by atomic mass is 16.5. The van der Waals surface area contributed by atoms with Gasteiger partial charge in [-0.2, -0.15) is 0 Å². The first-order chi connectivity index (χ1) is 7.31. The molecule has 0 N–H and O–H groups in total. The van der Waals surface area contributed by atoms with Crippen LogP contribution in [0.5, 0.6) is 0 Å². The van der Waals surface area contributed by atoms with Crippen LogP contribution in [0.4, 0.5) is 0 Å². The minimum atomic E-state index is 0.629. The van der Waals surface area contributed by atoms with Crippen molar-refractivity contribution >= 4 is 0 Å². The molecule has 15 heavy (non-hydrogen) atoms. The molecule has 3 nitrogen and oxygen atoms in total. The van der Waals surface area contributed by atoms with Gasteiger partial charge >= 0.3 is 0 Å². The van der Waals surface area contributed by atoms with Crippen LogP contribution in [0.15, 0.2) is 42.6 Å². The van der Waals surface area contributed by atoms with Gasteiger partial charge in [-0.3, -0.25) is 0 Å². The van der Waals surface area contributed by atoms with Gasteiger partial charge in [-0.05, 0) is 5.56 Å². The van der Waals surface area contributed by atoms with Crippen LogP contribution < -0.4 is 4.85 Å². The van der Waals surface area contributed by atoms with E-state index in [1.165, 1.54) is 0 Å². The van der Waals surface area contributed by atoms with Gasteiger partial charge in [-0.25, -0.2) is 0 Å². The summed E-state index contributed by atoms with van der Waals surface area (Å²) in [7, 11) is 0. The molecule has 0 aliphatic rings. The molecule has 0 spiro atoms. The zero-order chi connectivity index (χ0) is 10.7. The van der Waals surface area contributed by atoms with Gasteiger partial charge < -0.3 is 5.21 Å². The van der Waals surface area contributed by atoms with Gasteiger partial charge in [0.1, 0.15) is 6.54 Å². The largest absolute Gasteiger partial charge is 0.596 e. The van der Waals surface area contributed by atoms with Gasteiger partial charge in [-0.15, -0.1) is 4.68 Å². The van der Waals surface area contributed by atoms with Crippen molar-refractivity contribution in [3.8, 4) is 0 Å². The monoisotopic (exact) mass is 202 g/mol. The van der Waals surface area contributed by atoms with Gasteiger partial charge in [0.15, 0.2) is 0 Å². The van der Waals surface area contributed by atoms with Gasteiger partial charge in [0, 0.05) is 12.5 Å². The Kier molecular flexibility index (Phi) is 2.72. The van der Waals surface area contributed by atoms with E-state index < -0.39 is 0 Å². The number of nitrogens with zero attached hydrogens (tertiary/aromatic N) is 2. The molecule has 0 amide bonds. The zero-order valence-electron chi connectivity index (χ0n) is 8.76. The van der Waals surface area contributed by atoms with Crippen LogP contribution in [0.3, 0.4) is 0 Å². The lowest BCUT2D eigenvalue weighted by molar-refractivity contribution is -0.700. The van der Waals surface area contributed by atoms with E-state index in [9.17, 15) is 5.21 Å². The molecule has 1 heterocycles. The molecule has 3 heteroatoms. The maximum absolute atomic E-state index is 11.7. The summed E-state index contributed by atoms with van der Waals surface area (Å²) < 4.78 is 1.67. The van der Waals surface area contributed by atoms with Gasteiger partial charge in [0.25, 0.3) is 0 Å². The second-order valence-electron chi connectivity index (χ2n) is 3.52. The molecule has 0 bridgehead atoms. The molecule has 0 aliphatic heterocycles.